The number of amides is 2. The predicted molar refractivity (Wildman–Crippen MR) is 213 cm³/mol. The van der Waals surface area contributed by atoms with Gasteiger partial charge < -0.3 is 15.1 Å². The molecule has 4 fully saturated rings. The molecule has 4 aromatic rings. The third-order valence-electron chi connectivity index (χ3n) is 12.7. The largest absolute Gasteiger partial charge is 0.370 e. The van der Waals surface area contributed by atoms with Crippen LogP contribution in [0.1, 0.15) is 117 Å². The summed E-state index contributed by atoms with van der Waals surface area (Å²) in [4.78, 5) is 69.0. The Morgan fingerprint density at radius 3 is 2.27 bits per heavy atom. The molecule has 0 bridgehead atoms. The van der Waals surface area contributed by atoms with Crippen LogP contribution in [0.25, 0.3) is 11.0 Å². The average Bonchev–Trinajstić information content (AvgIpc) is 3.73. The molecule has 3 aromatic heterocycles. The number of hydrogen-bond donors (Lipinski definition) is 2. The highest BCUT2D eigenvalue weighted by atomic mass is 16.2. The number of piperidine rings is 3. The molecular weight excluding hydrogens is 693 g/mol. The Morgan fingerprint density at radius 1 is 0.855 bits per heavy atom. The Balaban J connectivity index is 0.815. The van der Waals surface area contributed by atoms with E-state index in [0.29, 0.717) is 41.9 Å². The van der Waals surface area contributed by atoms with E-state index in [1.54, 1.807) is 17.7 Å². The quantitative estimate of drug-likeness (QED) is 0.139. The number of fused-ring (bicyclic) bond motifs is 1. The van der Waals surface area contributed by atoms with Gasteiger partial charge in [0, 0.05) is 43.2 Å². The Hall–Kier alpha value is -4.97. The molecule has 12 nitrogen and oxygen atoms in total. The van der Waals surface area contributed by atoms with Crippen molar-refractivity contribution in [2.24, 2.45) is 5.92 Å². The van der Waals surface area contributed by atoms with Crippen molar-refractivity contribution in [2.45, 2.75) is 109 Å². The lowest BCUT2D eigenvalue weighted by atomic mass is 9.87. The summed E-state index contributed by atoms with van der Waals surface area (Å²) in [5.74, 6) is 0.957. The van der Waals surface area contributed by atoms with Crippen LogP contribution in [0.3, 0.4) is 0 Å². The van der Waals surface area contributed by atoms with Crippen molar-refractivity contribution in [3.8, 4) is 0 Å². The zero-order valence-corrected chi connectivity index (χ0v) is 32.1. The second-order valence-corrected chi connectivity index (χ2v) is 16.1. The van der Waals surface area contributed by atoms with Crippen molar-refractivity contribution in [1.82, 2.24) is 29.7 Å². The molecular formula is C43H52N8O4. The van der Waals surface area contributed by atoms with Gasteiger partial charge in [-0.05, 0) is 119 Å². The molecule has 1 saturated carbocycles. The Kier molecular flexibility index (Phi) is 10.8. The molecule has 12 heteroatoms. The van der Waals surface area contributed by atoms with E-state index in [4.69, 9.17) is 9.97 Å². The zero-order chi connectivity index (χ0) is 38.1. The van der Waals surface area contributed by atoms with Crippen molar-refractivity contribution in [2.75, 3.05) is 36.4 Å². The molecule has 3 saturated heterocycles. The lowest BCUT2D eigenvalue weighted by Crippen LogP contribution is -2.47. The molecule has 2 N–H and O–H groups in total. The summed E-state index contributed by atoms with van der Waals surface area (Å²) in [7, 11) is 0. The fourth-order valence-corrected chi connectivity index (χ4v) is 9.47. The number of nitrogens with zero attached hydrogens (tertiary/aromatic N) is 6. The van der Waals surface area contributed by atoms with Gasteiger partial charge in [-0.15, -0.1) is 0 Å². The van der Waals surface area contributed by atoms with E-state index in [-0.39, 0.29) is 40.7 Å². The van der Waals surface area contributed by atoms with E-state index in [9.17, 15) is 19.2 Å². The number of Topliss-reactive ketones (excluding diaryl/α,β-unsaturated/α-hetero) is 1. The maximum atomic E-state index is 13.6. The van der Waals surface area contributed by atoms with Crippen LogP contribution in [0.5, 0.6) is 0 Å². The highest BCUT2D eigenvalue weighted by Gasteiger charge is 2.30. The van der Waals surface area contributed by atoms with Gasteiger partial charge in [0.25, 0.3) is 5.56 Å². The van der Waals surface area contributed by atoms with E-state index in [1.165, 1.54) is 31.7 Å². The molecule has 4 aliphatic rings. The number of nitrogens with one attached hydrogen (secondary N) is 2. The molecule has 1 atom stereocenters. The normalized spacial score (nSPS) is 20.6. The minimum Gasteiger partial charge on any atom is -0.370 e. The summed E-state index contributed by atoms with van der Waals surface area (Å²) in [5.41, 5.74) is 4.60. The molecule has 1 aliphatic carbocycles. The second-order valence-electron chi connectivity index (χ2n) is 16.1. The Labute approximate surface area is 322 Å². The predicted octanol–water partition coefficient (Wildman–Crippen LogP) is 6.39. The summed E-state index contributed by atoms with van der Waals surface area (Å²) in [6, 6.07) is 13.2. The van der Waals surface area contributed by atoms with Gasteiger partial charge in [0.05, 0.1) is 23.4 Å². The first-order chi connectivity index (χ1) is 26.7. The van der Waals surface area contributed by atoms with Crippen LogP contribution in [-0.4, -0.2) is 74.2 Å². The number of anilines is 3. The first kappa shape index (κ1) is 37.0. The van der Waals surface area contributed by atoms with E-state index in [2.05, 4.69) is 55.7 Å². The van der Waals surface area contributed by atoms with E-state index >= 15 is 0 Å². The van der Waals surface area contributed by atoms with Gasteiger partial charge in [0.2, 0.25) is 17.8 Å². The van der Waals surface area contributed by atoms with Crippen LogP contribution in [0.2, 0.25) is 0 Å². The maximum Gasteiger partial charge on any atom is 0.263 e. The number of carbonyl (C=O) groups is 3. The number of aromatic nitrogens is 4. The topological polar surface area (TPSA) is 142 Å². The number of rotatable bonds is 10. The molecule has 55 heavy (non-hydrogen) atoms. The smallest absolute Gasteiger partial charge is 0.263 e. The van der Waals surface area contributed by atoms with Crippen molar-refractivity contribution in [3.63, 3.8) is 0 Å². The fraction of sp³-hybridized carbons (Fsp3) is 0.512. The molecule has 8 rings (SSSR count). The molecule has 288 valence electrons. The number of likely N-dealkylation sites (tertiary alicyclic amines) is 1. The SMILES string of the molecule is CC(=O)c1c(C)c2cnc(Nc3ccc(N4CCC(N5CCC(CCc6ccc(C7CCC(=O)NC7=O)cc6)CC5)CC4)cn3)nc2n(C2CCCC2)c1=O. The molecule has 2 amide bonds. The van der Waals surface area contributed by atoms with Crippen LogP contribution in [0, 0.1) is 12.8 Å². The van der Waals surface area contributed by atoms with E-state index in [1.807, 2.05) is 12.3 Å². The average molecular weight is 745 g/mol. The summed E-state index contributed by atoms with van der Waals surface area (Å²) < 4.78 is 1.73. The van der Waals surface area contributed by atoms with Gasteiger partial charge in [0.1, 0.15) is 11.5 Å². The molecule has 0 spiro atoms. The first-order valence-electron chi connectivity index (χ1n) is 20.3. The Bertz CT molecular complexity index is 2110. The number of ketones is 1. The van der Waals surface area contributed by atoms with Gasteiger partial charge in [-0.1, -0.05) is 37.1 Å². The van der Waals surface area contributed by atoms with Gasteiger partial charge in [0.15, 0.2) is 5.78 Å². The molecule has 6 heterocycles. The minimum atomic E-state index is -0.255. The van der Waals surface area contributed by atoms with Crippen molar-refractivity contribution >= 4 is 46.1 Å². The summed E-state index contributed by atoms with van der Waals surface area (Å²) in [6.07, 6.45) is 15.6. The zero-order valence-electron chi connectivity index (χ0n) is 32.1. The maximum absolute atomic E-state index is 13.6. The van der Waals surface area contributed by atoms with Gasteiger partial charge in [-0.25, -0.2) is 9.97 Å². The number of imide groups is 1. The fourth-order valence-electron chi connectivity index (χ4n) is 9.47. The highest BCUT2D eigenvalue weighted by molar-refractivity contribution is 6.01. The Morgan fingerprint density at radius 2 is 1.60 bits per heavy atom. The monoisotopic (exact) mass is 744 g/mol. The first-order valence-corrected chi connectivity index (χ1v) is 20.3. The second kappa shape index (κ2) is 16.0. The van der Waals surface area contributed by atoms with Gasteiger partial charge >= 0.3 is 0 Å². The minimum absolute atomic E-state index is 0.0291. The standard InChI is InChI=1S/C43H52N8O4/c1-27-36-26-45-43(48-40(36)51(33-5-3-4-6-33)42(55)39(27)28(2)52)46-37-15-13-34(25-44-37)50-23-19-32(20-24-50)49-21-17-30(18-22-49)8-7-29-9-11-31(12-10-29)35-14-16-38(53)47-41(35)54/h9-13,15,25-26,30,32-33,35H,3-8,14,16-24H2,1-2H3,(H,47,53,54)(H,44,45,46,48). The number of hydrogen-bond acceptors (Lipinski definition) is 10. The third kappa shape index (κ3) is 7.92. The van der Waals surface area contributed by atoms with E-state index in [0.717, 1.165) is 93.7 Å². The van der Waals surface area contributed by atoms with Crippen LogP contribution in [-0.2, 0) is 16.0 Å². The van der Waals surface area contributed by atoms with Crippen molar-refractivity contribution < 1.29 is 14.4 Å². The van der Waals surface area contributed by atoms with Gasteiger partial charge in [-0.2, -0.15) is 4.98 Å². The molecule has 1 unspecified atom stereocenters. The third-order valence-corrected chi connectivity index (χ3v) is 12.7. The van der Waals surface area contributed by atoms with E-state index < -0.39 is 0 Å². The molecule has 3 aliphatic heterocycles. The number of pyridine rings is 2. The summed E-state index contributed by atoms with van der Waals surface area (Å²) in [6.45, 7) is 7.59. The number of benzene rings is 1. The van der Waals surface area contributed by atoms with Gasteiger partial charge in [-0.3, -0.25) is 29.1 Å². The number of carbonyl (C=O) groups excluding carboxylic acids is 3. The van der Waals surface area contributed by atoms with Crippen LogP contribution < -0.4 is 21.1 Å². The lowest BCUT2D eigenvalue weighted by Gasteiger charge is -2.42. The number of aryl methyl sites for hydroxylation is 2. The van der Waals surface area contributed by atoms with Crippen LogP contribution in [0.15, 0.2) is 53.6 Å². The molecule has 1 aromatic carbocycles. The summed E-state index contributed by atoms with van der Waals surface area (Å²) in [5, 5.41) is 6.44. The summed E-state index contributed by atoms with van der Waals surface area (Å²) >= 11 is 0. The van der Waals surface area contributed by atoms with Crippen LogP contribution >= 0.6 is 0 Å². The highest BCUT2D eigenvalue weighted by Crippen LogP contribution is 2.33. The van der Waals surface area contributed by atoms with Crippen molar-refractivity contribution in [3.05, 3.63) is 81.4 Å². The lowest BCUT2D eigenvalue weighted by molar-refractivity contribution is -0.134. The van der Waals surface area contributed by atoms with Crippen molar-refractivity contribution in [1.29, 1.82) is 0 Å². The van der Waals surface area contributed by atoms with Crippen LogP contribution in [0.4, 0.5) is 17.5 Å². The molecule has 0 radical (unpaired) electrons.